The number of imidazole rings is 1. The second-order valence-corrected chi connectivity index (χ2v) is 7.68. The van der Waals surface area contributed by atoms with Crippen LogP contribution in [0.1, 0.15) is 18.4 Å². The van der Waals surface area contributed by atoms with E-state index in [4.69, 9.17) is 14.5 Å². The van der Waals surface area contributed by atoms with E-state index in [2.05, 4.69) is 20.9 Å². The third-order valence-electron chi connectivity index (χ3n) is 5.72. The van der Waals surface area contributed by atoms with E-state index in [1.54, 1.807) is 14.2 Å². The summed E-state index contributed by atoms with van der Waals surface area (Å²) in [6.07, 6.45) is 1.85. The third-order valence-corrected chi connectivity index (χ3v) is 5.72. The topological polar surface area (TPSA) is 68.6 Å². The van der Waals surface area contributed by atoms with Crippen LogP contribution in [0.3, 0.4) is 0 Å². The van der Waals surface area contributed by atoms with Crippen LogP contribution in [0.4, 0.5) is 5.95 Å². The van der Waals surface area contributed by atoms with Gasteiger partial charge in [-0.3, -0.25) is 4.79 Å². The fourth-order valence-electron chi connectivity index (χ4n) is 4.09. The molecule has 0 unspecified atom stereocenters. The summed E-state index contributed by atoms with van der Waals surface area (Å²) in [5.74, 6) is 2.35. The van der Waals surface area contributed by atoms with Gasteiger partial charge in [-0.25, -0.2) is 4.98 Å². The number of fused-ring (bicyclic) bond motifs is 1. The van der Waals surface area contributed by atoms with Crippen molar-refractivity contribution in [3.63, 3.8) is 0 Å². The number of anilines is 1. The Balaban J connectivity index is 1.43. The number of carbonyl (C=O) groups is 1. The van der Waals surface area contributed by atoms with E-state index in [1.807, 2.05) is 43.4 Å². The van der Waals surface area contributed by atoms with Gasteiger partial charge in [0.2, 0.25) is 11.9 Å². The Bertz CT molecular complexity index is 1020. The summed E-state index contributed by atoms with van der Waals surface area (Å²) in [6.45, 7) is 2.02. The molecule has 0 bridgehead atoms. The summed E-state index contributed by atoms with van der Waals surface area (Å²) in [4.78, 5) is 19.9. The van der Waals surface area contributed by atoms with E-state index >= 15 is 0 Å². The van der Waals surface area contributed by atoms with Crippen LogP contribution in [0.2, 0.25) is 0 Å². The maximum Gasteiger partial charge on any atom is 0.225 e. The molecule has 0 saturated carbocycles. The lowest BCUT2D eigenvalue weighted by molar-refractivity contribution is -0.125. The normalized spacial score (nSPS) is 16.5. The van der Waals surface area contributed by atoms with Gasteiger partial charge in [-0.2, -0.15) is 0 Å². The average molecular weight is 409 g/mol. The highest BCUT2D eigenvalue weighted by atomic mass is 16.5. The molecule has 1 atom stereocenters. The Kier molecular flexibility index (Phi) is 5.79. The first-order chi connectivity index (χ1) is 14.6. The molecule has 1 saturated heterocycles. The standard InChI is InChI=1S/C23H28N4O3/c1-26-21-9-5-4-8-20(21)25-23(26)27-10-6-7-17(15-27)22(28)24-14-16-11-18(29-2)13-19(12-16)30-3/h4-5,8-9,11-13,17H,6-7,10,14-15H2,1-3H3,(H,24,28)/t17-/m0/s1. The molecule has 2 heterocycles. The average Bonchev–Trinajstić information content (AvgIpc) is 3.14. The van der Waals surface area contributed by atoms with Gasteiger partial charge in [-0.15, -0.1) is 0 Å². The molecular weight excluding hydrogens is 380 g/mol. The van der Waals surface area contributed by atoms with Crippen molar-refractivity contribution in [3.8, 4) is 11.5 Å². The molecule has 7 heteroatoms. The molecule has 3 aromatic rings. The molecule has 158 valence electrons. The van der Waals surface area contributed by atoms with Crippen LogP contribution in [0.5, 0.6) is 11.5 Å². The van der Waals surface area contributed by atoms with Gasteiger partial charge < -0.3 is 24.3 Å². The number of nitrogens with one attached hydrogen (secondary N) is 1. The van der Waals surface area contributed by atoms with Crippen LogP contribution in [-0.2, 0) is 18.4 Å². The number of rotatable bonds is 6. The third kappa shape index (κ3) is 4.06. The van der Waals surface area contributed by atoms with Gasteiger partial charge in [0.15, 0.2) is 0 Å². The number of carbonyl (C=O) groups excluding carboxylic acids is 1. The van der Waals surface area contributed by atoms with Crippen molar-refractivity contribution in [2.75, 3.05) is 32.2 Å². The van der Waals surface area contributed by atoms with E-state index in [0.717, 1.165) is 41.9 Å². The van der Waals surface area contributed by atoms with Crippen LogP contribution >= 0.6 is 0 Å². The Morgan fingerprint density at radius 3 is 2.60 bits per heavy atom. The van der Waals surface area contributed by atoms with Crippen molar-refractivity contribution in [1.82, 2.24) is 14.9 Å². The van der Waals surface area contributed by atoms with Gasteiger partial charge in [-0.05, 0) is 42.7 Å². The SMILES string of the molecule is COc1cc(CNC(=O)[C@H]2CCCN(c3nc4ccccc4n3C)C2)cc(OC)c1. The molecule has 0 aliphatic carbocycles. The lowest BCUT2D eigenvalue weighted by Crippen LogP contribution is -2.43. The van der Waals surface area contributed by atoms with E-state index in [1.165, 1.54) is 0 Å². The number of para-hydroxylation sites is 2. The highest BCUT2D eigenvalue weighted by Crippen LogP contribution is 2.26. The zero-order chi connectivity index (χ0) is 21.1. The smallest absolute Gasteiger partial charge is 0.225 e. The summed E-state index contributed by atoms with van der Waals surface area (Å²) in [7, 11) is 5.27. The second-order valence-electron chi connectivity index (χ2n) is 7.68. The lowest BCUT2D eigenvalue weighted by atomic mass is 9.97. The Morgan fingerprint density at radius 1 is 1.17 bits per heavy atom. The molecule has 0 radical (unpaired) electrons. The number of amides is 1. The van der Waals surface area contributed by atoms with Crippen LogP contribution in [-0.4, -0.2) is 42.8 Å². The van der Waals surface area contributed by atoms with Crippen molar-refractivity contribution in [1.29, 1.82) is 0 Å². The minimum absolute atomic E-state index is 0.0638. The fourth-order valence-corrected chi connectivity index (χ4v) is 4.09. The minimum atomic E-state index is -0.0638. The maximum absolute atomic E-state index is 12.9. The molecule has 1 aromatic heterocycles. The molecule has 2 aromatic carbocycles. The molecule has 1 fully saturated rings. The van der Waals surface area contributed by atoms with Crippen LogP contribution in [0.15, 0.2) is 42.5 Å². The summed E-state index contributed by atoms with van der Waals surface area (Å²) in [5, 5.41) is 3.08. The number of ether oxygens (including phenoxy) is 2. The largest absolute Gasteiger partial charge is 0.497 e. The molecule has 1 amide bonds. The van der Waals surface area contributed by atoms with Crippen molar-refractivity contribution in [3.05, 3.63) is 48.0 Å². The fraction of sp³-hybridized carbons (Fsp3) is 0.391. The zero-order valence-corrected chi connectivity index (χ0v) is 17.7. The summed E-state index contributed by atoms with van der Waals surface area (Å²) in [5.41, 5.74) is 3.03. The van der Waals surface area contributed by atoms with Gasteiger partial charge in [-0.1, -0.05) is 12.1 Å². The zero-order valence-electron chi connectivity index (χ0n) is 17.7. The van der Waals surface area contributed by atoms with Gasteiger partial charge in [0.1, 0.15) is 11.5 Å². The maximum atomic E-state index is 12.9. The van der Waals surface area contributed by atoms with Gasteiger partial charge >= 0.3 is 0 Å². The molecule has 4 rings (SSSR count). The molecule has 1 aliphatic heterocycles. The van der Waals surface area contributed by atoms with Crippen LogP contribution in [0.25, 0.3) is 11.0 Å². The van der Waals surface area contributed by atoms with E-state index in [-0.39, 0.29) is 11.8 Å². The molecule has 1 aliphatic rings. The number of piperidine rings is 1. The van der Waals surface area contributed by atoms with Gasteiger partial charge in [0, 0.05) is 32.7 Å². The Morgan fingerprint density at radius 2 is 1.90 bits per heavy atom. The summed E-state index contributed by atoms with van der Waals surface area (Å²) in [6, 6.07) is 13.8. The first kappa shape index (κ1) is 20.1. The van der Waals surface area contributed by atoms with Crippen LogP contribution < -0.4 is 19.7 Å². The number of nitrogens with zero attached hydrogens (tertiary/aromatic N) is 3. The highest BCUT2D eigenvalue weighted by molar-refractivity contribution is 5.81. The monoisotopic (exact) mass is 408 g/mol. The van der Waals surface area contributed by atoms with Crippen LogP contribution in [0, 0.1) is 5.92 Å². The van der Waals surface area contributed by atoms with E-state index < -0.39 is 0 Å². The van der Waals surface area contributed by atoms with E-state index in [0.29, 0.717) is 24.6 Å². The molecule has 1 N–H and O–H groups in total. The number of benzene rings is 2. The molecule has 7 nitrogen and oxygen atoms in total. The summed E-state index contributed by atoms with van der Waals surface area (Å²) < 4.78 is 12.7. The van der Waals surface area contributed by atoms with E-state index in [9.17, 15) is 4.79 Å². The quantitative estimate of drug-likeness (QED) is 0.679. The molecule has 30 heavy (non-hydrogen) atoms. The van der Waals surface area contributed by atoms with Gasteiger partial charge in [0.05, 0.1) is 31.2 Å². The number of aryl methyl sites for hydroxylation is 1. The van der Waals surface area contributed by atoms with Crippen molar-refractivity contribution >= 4 is 22.9 Å². The second kappa shape index (κ2) is 8.65. The Labute approximate surface area is 176 Å². The van der Waals surface area contributed by atoms with Crippen molar-refractivity contribution < 1.29 is 14.3 Å². The molecular formula is C23H28N4O3. The minimum Gasteiger partial charge on any atom is -0.497 e. The predicted molar refractivity (Wildman–Crippen MR) is 117 cm³/mol. The Hall–Kier alpha value is -3.22. The van der Waals surface area contributed by atoms with Crippen molar-refractivity contribution in [2.45, 2.75) is 19.4 Å². The first-order valence-electron chi connectivity index (χ1n) is 10.2. The number of methoxy groups -OCH3 is 2. The predicted octanol–water partition coefficient (Wildman–Crippen LogP) is 3.12. The number of hydrogen-bond donors (Lipinski definition) is 1. The van der Waals surface area contributed by atoms with Crippen molar-refractivity contribution in [2.24, 2.45) is 13.0 Å². The number of aromatic nitrogens is 2. The first-order valence-corrected chi connectivity index (χ1v) is 10.2. The molecule has 0 spiro atoms. The van der Waals surface area contributed by atoms with Gasteiger partial charge in [0.25, 0.3) is 0 Å². The highest BCUT2D eigenvalue weighted by Gasteiger charge is 2.28. The lowest BCUT2D eigenvalue weighted by Gasteiger charge is -2.32. The number of hydrogen-bond acceptors (Lipinski definition) is 5. The summed E-state index contributed by atoms with van der Waals surface area (Å²) >= 11 is 0.